The van der Waals surface area contributed by atoms with Crippen LogP contribution in [0.4, 0.5) is 10.1 Å². The SMILES string of the molecule is Fc1cc(Br)cc(Br)c1N=C=S. The highest BCUT2D eigenvalue weighted by Gasteiger charge is 2.06. The van der Waals surface area contributed by atoms with Gasteiger partial charge in [-0.05, 0) is 40.3 Å². The molecule has 5 heteroatoms. The maximum atomic E-state index is 13.1. The first-order valence-electron chi connectivity index (χ1n) is 2.87. The molecule has 0 saturated heterocycles. The maximum Gasteiger partial charge on any atom is 0.151 e. The van der Waals surface area contributed by atoms with E-state index < -0.39 is 5.82 Å². The summed E-state index contributed by atoms with van der Waals surface area (Å²) in [6.45, 7) is 0. The van der Waals surface area contributed by atoms with E-state index >= 15 is 0 Å². The molecule has 1 rings (SSSR count). The second kappa shape index (κ2) is 4.23. The smallest absolute Gasteiger partial charge is 0.151 e. The summed E-state index contributed by atoms with van der Waals surface area (Å²) in [6, 6.07) is 3.00. The third kappa shape index (κ3) is 2.20. The van der Waals surface area contributed by atoms with Gasteiger partial charge in [0.2, 0.25) is 0 Å². The van der Waals surface area contributed by atoms with Gasteiger partial charge in [-0.25, -0.2) is 4.39 Å². The molecule has 1 aromatic rings. The van der Waals surface area contributed by atoms with Gasteiger partial charge in [0.25, 0.3) is 0 Å². The molecule has 0 saturated carbocycles. The number of isothiocyanates is 1. The van der Waals surface area contributed by atoms with E-state index in [1.165, 1.54) is 6.07 Å². The van der Waals surface area contributed by atoms with E-state index in [1.54, 1.807) is 6.07 Å². The van der Waals surface area contributed by atoms with Crippen LogP contribution >= 0.6 is 44.1 Å². The number of benzene rings is 1. The van der Waals surface area contributed by atoms with Gasteiger partial charge < -0.3 is 0 Å². The topological polar surface area (TPSA) is 12.4 Å². The lowest BCUT2D eigenvalue weighted by molar-refractivity contribution is 0.628. The predicted molar refractivity (Wildman–Crippen MR) is 56.5 cm³/mol. The number of hydrogen-bond donors (Lipinski definition) is 0. The molecule has 0 bridgehead atoms. The zero-order valence-corrected chi connectivity index (χ0v) is 9.63. The molecule has 1 nitrogen and oxygen atoms in total. The molecule has 0 heterocycles. The van der Waals surface area contributed by atoms with E-state index in [-0.39, 0.29) is 5.69 Å². The van der Waals surface area contributed by atoms with Crippen LogP contribution < -0.4 is 0 Å². The molecular formula is C7H2Br2FNS. The fraction of sp³-hybridized carbons (Fsp3) is 0. The van der Waals surface area contributed by atoms with Crippen LogP contribution in [-0.4, -0.2) is 5.16 Å². The summed E-state index contributed by atoms with van der Waals surface area (Å²) in [5.74, 6) is -0.436. The molecular weight excluding hydrogens is 309 g/mol. The molecule has 0 spiro atoms. The first-order chi connectivity index (χ1) is 5.65. The Morgan fingerprint density at radius 1 is 1.42 bits per heavy atom. The van der Waals surface area contributed by atoms with E-state index in [0.717, 1.165) is 0 Å². The number of halogens is 3. The first kappa shape index (κ1) is 9.99. The number of aliphatic imine (C=N–C) groups is 1. The highest BCUT2D eigenvalue weighted by Crippen LogP contribution is 2.31. The molecule has 0 radical (unpaired) electrons. The predicted octanol–water partition coefficient (Wildman–Crippen LogP) is 4.09. The molecule has 0 atom stereocenters. The normalized spacial score (nSPS) is 9.25. The summed E-state index contributed by atoms with van der Waals surface area (Å²) in [6.07, 6.45) is 0. The molecule has 12 heavy (non-hydrogen) atoms. The van der Waals surface area contributed by atoms with Crippen molar-refractivity contribution in [2.45, 2.75) is 0 Å². The molecule has 62 valence electrons. The van der Waals surface area contributed by atoms with E-state index in [4.69, 9.17) is 0 Å². The van der Waals surface area contributed by atoms with Crippen LogP contribution in [0.5, 0.6) is 0 Å². The van der Waals surface area contributed by atoms with Gasteiger partial charge in [-0.3, -0.25) is 0 Å². The molecule has 0 aliphatic carbocycles. The second-order valence-electron chi connectivity index (χ2n) is 1.92. The summed E-state index contributed by atoms with van der Waals surface area (Å²) in [7, 11) is 0. The van der Waals surface area contributed by atoms with Gasteiger partial charge in [-0.1, -0.05) is 15.9 Å². The largest absolute Gasteiger partial charge is 0.204 e. The molecule has 0 unspecified atom stereocenters. The van der Waals surface area contributed by atoms with Gasteiger partial charge in [-0.2, -0.15) is 4.99 Å². The van der Waals surface area contributed by atoms with Gasteiger partial charge in [-0.15, -0.1) is 0 Å². The zero-order chi connectivity index (χ0) is 9.14. The summed E-state index contributed by atoms with van der Waals surface area (Å²) < 4.78 is 14.3. The maximum absolute atomic E-state index is 13.1. The van der Waals surface area contributed by atoms with Crippen molar-refractivity contribution in [3.63, 3.8) is 0 Å². The summed E-state index contributed by atoms with van der Waals surface area (Å²) in [5, 5.41) is 2.11. The lowest BCUT2D eigenvalue weighted by atomic mass is 10.3. The average molecular weight is 311 g/mol. The second-order valence-corrected chi connectivity index (χ2v) is 3.87. The Bertz CT molecular complexity index is 337. The lowest BCUT2D eigenvalue weighted by Crippen LogP contribution is -1.77. The average Bonchev–Trinajstić information content (AvgIpc) is 1.96. The van der Waals surface area contributed by atoms with Crippen LogP contribution in [-0.2, 0) is 0 Å². The van der Waals surface area contributed by atoms with Crippen molar-refractivity contribution in [3.05, 3.63) is 26.9 Å². The third-order valence-corrected chi connectivity index (χ3v) is 2.29. The van der Waals surface area contributed by atoms with Crippen molar-refractivity contribution in [1.29, 1.82) is 0 Å². The number of thiocarbonyl (C=S) groups is 1. The Morgan fingerprint density at radius 3 is 2.58 bits per heavy atom. The molecule has 0 aliphatic rings. The van der Waals surface area contributed by atoms with Crippen molar-refractivity contribution in [3.8, 4) is 0 Å². The monoisotopic (exact) mass is 309 g/mol. The van der Waals surface area contributed by atoms with Gasteiger partial charge >= 0.3 is 0 Å². The van der Waals surface area contributed by atoms with E-state index in [2.05, 4.69) is 54.2 Å². The zero-order valence-electron chi connectivity index (χ0n) is 5.64. The van der Waals surface area contributed by atoms with E-state index in [9.17, 15) is 4.39 Å². The Kier molecular flexibility index (Phi) is 3.53. The van der Waals surface area contributed by atoms with Crippen LogP contribution in [0.25, 0.3) is 0 Å². The first-order valence-corrected chi connectivity index (χ1v) is 4.87. The minimum absolute atomic E-state index is 0.174. The highest BCUT2D eigenvalue weighted by atomic mass is 79.9. The van der Waals surface area contributed by atoms with Gasteiger partial charge in [0.05, 0.1) is 5.16 Å². The summed E-state index contributed by atoms with van der Waals surface area (Å²) in [4.78, 5) is 3.57. The van der Waals surface area contributed by atoms with E-state index in [1.807, 2.05) is 0 Å². The van der Waals surface area contributed by atoms with Gasteiger partial charge in [0, 0.05) is 8.95 Å². The minimum atomic E-state index is -0.436. The summed E-state index contributed by atoms with van der Waals surface area (Å²) >= 11 is 10.7. The fourth-order valence-electron chi connectivity index (χ4n) is 0.687. The standard InChI is InChI=1S/C7H2Br2FNS/c8-4-1-5(9)7(11-3-12)6(10)2-4/h1-2H. The third-order valence-electron chi connectivity index (χ3n) is 1.14. The van der Waals surface area contributed by atoms with Crippen LogP contribution in [0.15, 0.2) is 26.1 Å². The molecule has 1 aromatic carbocycles. The summed E-state index contributed by atoms with van der Waals surface area (Å²) in [5.41, 5.74) is 0.174. The Hall–Kier alpha value is -0.0900. The van der Waals surface area contributed by atoms with Crippen LogP contribution in [0.1, 0.15) is 0 Å². The number of hydrogen-bond acceptors (Lipinski definition) is 2. The Balaban J connectivity index is 3.37. The van der Waals surface area contributed by atoms with Crippen molar-refractivity contribution < 1.29 is 4.39 Å². The van der Waals surface area contributed by atoms with Crippen molar-refractivity contribution >= 4 is 54.9 Å². The molecule has 0 N–H and O–H groups in total. The molecule has 0 aromatic heterocycles. The van der Waals surface area contributed by atoms with Crippen LogP contribution in [0.3, 0.4) is 0 Å². The minimum Gasteiger partial charge on any atom is -0.204 e. The van der Waals surface area contributed by atoms with Crippen molar-refractivity contribution in [2.24, 2.45) is 4.99 Å². The van der Waals surface area contributed by atoms with Crippen molar-refractivity contribution in [1.82, 2.24) is 0 Å². The Morgan fingerprint density at radius 2 is 2.08 bits per heavy atom. The number of rotatable bonds is 1. The van der Waals surface area contributed by atoms with E-state index in [0.29, 0.717) is 8.95 Å². The highest BCUT2D eigenvalue weighted by molar-refractivity contribution is 9.11. The fourth-order valence-corrected chi connectivity index (χ4v) is 2.04. The number of nitrogens with zero attached hydrogens (tertiary/aromatic N) is 1. The molecule has 0 amide bonds. The quantitative estimate of drug-likeness (QED) is 0.562. The van der Waals surface area contributed by atoms with Crippen LogP contribution in [0.2, 0.25) is 0 Å². The van der Waals surface area contributed by atoms with Gasteiger partial charge in [0.1, 0.15) is 5.69 Å². The van der Waals surface area contributed by atoms with Gasteiger partial charge in [0.15, 0.2) is 5.82 Å². The molecule has 0 aliphatic heterocycles. The Labute approximate surface area is 91.0 Å². The lowest BCUT2D eigenvalue weighted by Gasteiger charge is -1.98. The van der Waals surface area contributed by atoms with Crippen LogP contribution in [0, 0.1) is 5.82 Å². The van der Waals surface area contributed by atoms with Crippen molar-refractivity contribution in [2.75, 3.05) is 0 Å². The molecule has 0 fully saturated rings.